The highest BCUT2D eigenvalue weighted by atomic mass is 16.6. The van der Waals surface area contributed by atoms with Gasteiger partial charge in [0.25, 0.3) is 0 Å². The van der Waals surface area contributed by atoms with Gasteiger partial charge in [-0.3, -0.25) is 4.79 Å². The Balaban J connectivity index is 2.49. The van der Waals surface area contributed by atoms with Crippen molar-refractivity contribution in [1.29, 1.82) is 0 Å². The first kappa shape index (κ1) is 20.1. The maximum atomic E-state index is 12.0. The molecule has 0 unspecified atom stereocenters. The van der Waals surface area contributed by atoms with Gasteiger partial charge >= 0.3 is 0 Å². The first-order chi connectivity index (χ1) is 10.8. The third-order valence-corrected chi connectivity index (χ3v) is 4.94. The molecule has 0 aromatic carbocycles. The highest BCUT2D eigenvalue weighted by Crippen LogP contribution is 2.43. The van der Waals surface area contributed by atoms with Gasteiger partial charge < -0.3 is 20.3 Å². The summed E-state index contributed by atoms with van der Waals surface area (Å²) < 4.78 is 5.73. The van der Waals surface area contributed by atoms with E-state index in [4.69, 9.17) is 4.74 Å². The van der Waals surface area contributed by atoms with Gasteiger partial charge in [0.1, 0.15) is 5.60 Å². The van der Waals surface area contributed by atoms with E-state index in [1.54, 1.807) is 6.08 Å². The molecule has 134 valence electrons. The highest BCUT2D eigenvalue weighted by molar-refractivity contribution is 5.88. The Bertz CT molecular complexity index is 412. The van der Waals surface area contributed by atoms with E-state index in [2.05, 4.69) is 12.2 Å². The Kier molecular flexibility index (Phi) is 7.71. The van der Waals surface area contributed by atoms with E-state index in [-0.39, 0.29) is 42.6 Å². The smallest absolute Gasteiger partial charge is 0.244 e. The number of ether oxygens (including phenoxy) is 1. The monoisotopic (exact) mass is 327 g/mol. The predicted octanol–water partition coefficient (Wildman–Crippen LogP) is 2.02. The molecule has 1 heterocycles. The zero-order valence-electron chi connectivity index (χ0n) is 15.1. The minimum atomic E-state index is -0.435. The first-order valence-electron chi connectivity index (χ1n) is 8.73. The molecule has 5 nitrogen and oxygen atoms in total. The second kappa shape index (κ2) is 8.81. The molecule has 0 bridgehead atoms. The van der Waals surface area contributed by atoms with E-state index < -0.39 is 5.60 Å². The van der Waals surface area contributed by atoms with Gasteiger partial charge in [0.15, 0.2) is 0 Å². The summed E-state index contributed by atoms with van der Waals surface area (Å²) >= 11 is 0. The average Bonchev–Trinajstić information content (AvgIpc) is 3.22. The molecule has 3 N–H and O–H groups in total. The van der Waals surface area contributed by atoms with Crippen LogP contribution in [0.1, 0.15) is 53.9 Å². The molecule has 6 atom stereocenters. The molecular formula is C18H33NO4. The standard InChI is InChI=1S/C18H33NO4/c1-6-12(3)15(11-20)19-16(22)8-9-18(5)17(23-18)13(4)10-14(21)7-2/h8-9,12-15,17,20-21H,6-7,10-11H2,1-5H3,(H,19,22)/b9-8+/t12-,13-,14+,15+,17-,18+/m0/s1. The summed E-state index contributed by atoms with van der Waals surface area (Å²) in [6.07, 6.45) is 5.36. The van der Waals surface area contributed by atoms with Gasteiger partial charge in [-0.1, -0.05) is 34.1 Å². The molecule has 0 aliphatic carbocycles. The van der Waals surface area contributed by atoms with E-state index in [0.717, 1.165) is 12.8 Å². The Hall–Kier alpha value is -0.910. The summed E-state index contributed by atoms with van der Waals surface area (Å²) in [7, 11) is 0. The zero-order valence-corrected chi connectivity index (χ0v) is 15.1. The summed E-state index contributed by atoms with van der Waals surface area (Å²) in [5.41, 5.74) is -0.435. The van der Waals surface area contributed by atoms with Crippen LogP contribution in [0.2, 0.25) is 0 Å². The second-order valence-electron chi connectivity index (χ2n) is 7.01. The van der Waals surface area contributed by atoms with Gasteiger partial charge in [0.2, 0.25) is 5.91 Å². The number of aliphatic hydroxyl groups is 2. The SMILES string of the molecule is CC[C@@H](O)C[C@H](C)[C@@H]1O[C@]1(C)/C=C/C(=O)N[C@H](CO)[C@@H](C)CC. The molecule has 1 saturated heterocycles. The first-order valence-corrected chi connectivity index (χ1v) is 8.73. The fraction of sp³-hybridized carbons (Fsp3) is 0.833. The van der Waals surface area contributed by atoms with Crippen molar-refractivity contribution in [2.24, 2.45) is 11.8 Å². The molecule has 1 aliphatic heterocycles. The third-order valence-electron chi connectivity index (χ3n) is 4.94. The van der Waals surface area contributed by atoms with Crippen LogP contribution < -0.4 is 5.32 Å². The molecule has 1 amide bonds. The number of nitrogens with one attached hydrogen (secondary N) is 1. The Morgan fingerprint density at radius 3 is 2.52 bits per heavy atom. The lowest BCUT2D eigenvalue weighted by atomic mass is 9.91. The summed E-state index contributed by atoms with van der Waals surface area (Å²) in [4.78, 5) is 12.0. The van der Waals surface area contributed by atoms with E-state index in [0.29, 0.717) is 6.42 Å². The van der Waals surface area contributed by atoms with Crippen molar-refractivity contribution >= 4 is 5.91 Å². The molecule has 0 aromatic heterocycles. The van der Waals surface area contributed by atoms with Crippen LogP contribution in [0.4, 0.5) is 0 Å². The predicted molar refractivity (Wildman–Crippen MR) is 91.0 cm³/mol. The van der Waals surface area contributed by atoms with Gasteiger partial charge in [-0.15, -0.1) is 0 Å². The van der Waals surface area contributed by atoms with Crippen LogP contribution in [0.15, 0.2) is 12.2 Å². The van der Waals surface area contributed by atoms with E-state index >= 15 is 0 Å². The molecule has 1 aliphatic rings. The largest absolute Gasteiger partial charge is 0.394 e. The highest BCUT2D eigenvalue weighted by Gasteiger charge is 2.53. The average molecular weight is 327 g/mol. The summed E-state index contributed by atoms with van der Waals surface area (Å²) in [5, 5.41) is 21.9. The fourth-order valence-corrected chi connectivity index (χ4v) is 2.90. The summed E-state index contributed by atoms with van der Waals surface area (Å²) in [6, 6.07) is -0.223. The summed E-state index contributed by atoms with van der Waals surface area (Å²) in [6.45, 7) is 9.96. The summed E-state index contributed by atoms with van der Waals surface area (Å²) in [5.74, 6) is 0.266. The van der Waals surface area contributed by atoms with Gasteiger partial charge in [0, 0.05) is 6.08 Å². The molecule has 23 heavy (non-hydrogen) atoms. The number of carbonyl (C=O) groups excluding carboxylic acids is 1. The van der Waals surface area contributed by atoms with Crippen LogP contribution in [0.25, 0.3) is 0 Å². The van der Waals surface area contributed by atoms with Crippen molar-refractivity contribution in [2.75, 3.05) is 6.61 Å². The number of hydrogen-bond donors (Lipinski definition) is 3. The molecule has 5 heteroatoms. The van der Waals surface area contributed by atoms with E-state index in [1.165, 1.54) is 6.08 Å². The topological polar surface area (TPSA) is 82.1 Å². The Morgan fingerprint density at radius 1 is 1.35 bits per heavy atom. The van der Waals surface area contributed by atoms with Crippen molar-refractivity contribution < 1.29 is 19.7 Å². The molecule has 1 rings (SSSR count). The fourth-order valence-electron chi connectivity index (χ4n) is 2.90. The van der Waals surface area contributed by atoms with Crippen LogP contribution >= 0.6 is 0 Å². The van der Waals surface area contributed by atoms with Gasteiger partial charge in [-0.05, 0) is 37.7 Å². The lowest BCUT2D eigenvalue weighted by Gasteiger charge is -2.21. The van der Waals surface area contributed by atoms with Gasteiger partial charge in [0.05, 0.1) is 24.9 Å². The number of amides is 1. The Labute approximate surface area is 140 Å². The van der Waals surface area contributed by atoms with Crippen LogP contribution in [0, 0.1) is 11.8 Å². The van der Waals surface area contributed by atoms with Crippen molar-refractivity contribution in [2.45, 2.75) is 77.7 Å². The maximum absolute atomic E-state index is 12.0. The normalized spacial score (nSPS) is 29.1. The zero-order chi connectivity index (χ0) is 17.6. The maximum Gasteiger partial charge on any atom is 0.244 e. The van der Waals surface area contributed by atoms with Crippen molar-refractivity contribution in [3.8, 4) is 0 Å². The lowest BCUT2D eigenvalue weighted by Crippen LogP contribution is -2.41. The molecule has 0 aromatic rings. The number of rotatable bonds is 10. The lowest BCUT2D eigenvalue weighted by molar-refractivity contribution is -0.117. The minimum Gasteiger partial charge on any atom is -0.394 e. The number of epoxide rings is 1. The third kappa shape index (κ3) is 5.90. The quantitative estimate of drug-likeness (QED) is 0.423. The van der Waals surface area contributed by atoms with E-state index in [1.807, 2.05) is 27.7 Å². The van der Waals surface area contributed by atoms with Gasteiger partial charge in [-0.25, -0.2) is 0 Å². The van der Waals surface area contributed by atoms with Crippen molar-refractivity contribution in [3.63, 3.8) is 0 Å². The van der Waals surface area contributed by atoms with Crippen LogP contribution in [0.5, 0.6) is 0 Å². The second-order valence-corrected chi connectivity index (χ2v) is 7.01. The van der Waals surface area contributed by atoms with Crippen LogP contribution in [-0.2, 0) is 9.53 Å². The Morgan fingerprint density at radius 2 is 2.00 bits per heavy atom. The number of carbonyl (C=O) groups is 1. The number of aliphatic hydroxyl groups excluding tert-OH is 2. The van der Waals surface area contributed by atoms with Crippen LogP contribution in [-0.4, -0.2) is 46.6 Å². The van der Waals surface area contributed by atoms with Crippen LogP contribution in [0.3, 0.4) is 0 Å². The molecule has 0 saturated carbocycles. The minimum absolute atomic E-state index is 0.0379. The molecule has 0 radical (unpaired) electrons. The molecule has 0 spiro atoms. The van der Waals surface area contributed by atoms with E-state index in [9.17, 15) is 15.0 Å². The molecular weight excluding hydrogens is 294 g/mol. The van der Waals surface area contributed by atoms with Crippen molar-refractivity contribution in [3.05, 3.63) is 12.2 Å². The van der Waals surface area contributed by atoms with Gasteiger partial charge in [-0.2, -0.15) is 0 Å². The van der Waals surface area contributed by atoms with Crippen molar-refractivity contribution in [1.82, 2.24) is 5.32 Å². The molecule has 1 fully saturated rings. The number of hydrogen-bond acceptors (Lipinski definition) is 4.